The molecule has 0 radical (unpaired) electrons. The van der Waals surface area contributed by atoms with Gasteiger partial charge in [0.15, 0.2) is 4.32 Å². The minimum absolute atomic E-state index is 0.111. The zero-order chi connectivity index (χ0) is 24.4. The van der Waals surface area contributed by atoms with E-state index in [9.17, 15) is 4.79 Å². The number of hydrogen-bond acceptors (Lipinski definition) is 5. The van der Waals surface area contributed by atoms with Crippen molar-refractivity contribution in [1.82, 2.24) is 0 Å². The molecule has 35 heavy (non-hydrogen) atoms. The fraction of sp³-hybridized carbons (Fsp3) is 0.103. The first-order valence-electron chi connectivity index (χ1n) is 11.2. The van der Waals surface area contributed by atoms with Crippen LogP contribution in [0.4, 0.5) is 11.4 Å². The summed E-state index contributed by atoms with van der Waals surface area (Å²) in [7, 11) is 3.97. The van der Waals surface area contributed by atoms with Crippen LogP contribution in [0.3, 0.4) is 0 Å². The van der Waals surface area contributed by atoms with Crippen molar-refractivity contribution in [2.45, 2.75) is 6.61 Å². The van der Waals surface area contributed by atoms with Crippen LogP contribution in [0.25, 0.3) is 16.8 Å². The zero-order valence-corrected chi connectivity index (χ0v) is 21.1. The topological polar surface area (TPSA) is 32.8 Å². The van der Waals surface area contributed by atoms with E-state index in [-0.39, 0.29) is 5.91 Å². The summed E-state index contributed by atoms with van der Waals surface area (Å²) < 4.78 is 6.64. The van der Waals surface area contributed by atoms with Crippen LogP contribution in [0, 0.1) is 0 Å². The van der Waals surface area contributed by atoms with Crippen LogP contribution in [0.1, 0.15) is 11.1 Å². The van der Waals surface area contributed by atoms with Crippen LogP contribution < -0.4 is 14.5 Å². The largest absolute Gasteiger partial charge is 0.489 e. The maximum absolute atomic E-state index is 13.2. The lowest BCUT2D eigenvalue weighted by Gasteiger charge is -2.17. The molecule has 1 fully saturated rings. The van der Waals surface area contributed by atoms with Crippen LogP contribution in [0.2, 0.25) is 0 Å². The molecule has 0 aliphatic carbocycles. The number of benzene rings is 4. The Bertz CT molecular complexity index is 1440. The molecule has 1 aliphatic rings. The Balaban J connectivity index is 1.33. The first kappa shape index (κ1) is 23.1. The third kappa shape index (κ3) is 4.94. The van der Waals surface area contributed by atoms with E-state index in [1.807, 2.05) is 91.8 Å². The lowest BCUT2D eigenvalue weighted by molar-refractivity contribution is -0.113. The molecule has 0 N–H and O–H groups in total. The first-order chi connectivity index (χ1) is 17.0. The molecule has 0 bridgehead atoms. The van der Waals surface area contributed by atoms with Gasteiger partial charge >= 0.3 is 0 Å². The molecule has 0 unspecified atom stereocenters. The van der Waals surface area contributed by atoms with Crippen LogP contribution in [-0.2, 0) is 11.4 Å². The summed E-state index contributed by atoms with van der Waals surface area (Å²) in [5, 5.41) is 2.38. The number of anilines is 2. The van der Waals surface area contributed by atoms with E-state index in [1.165, 1.54) is 22.5 Å². The van der Waals surface area contributed by atoms with Crippen molar-refractivity contribution in [3.63, 3.8) is 0 Å². The number of carbonyl (C=O) groups is 1. The Morgan fingerprint density at radius 1 is 0.943 bits per heavy atom. The Morgan fingerprint density at radius 3 is 2.49 bits per heavy atom. The molecule has 6 heteroatoms. The summed E-state index contributed by atoms with van der Waals surface area (Å²) in [5.41, 5.74) is 3.86. The van der Waals surface area contributed by atoms with Crippen LogP contribution in [0.15, 0.2) is 95.9 Å². The number of nitrogens with zero attached hydrogens (tertiary/aromatic N) is 2. The quantitative estimate of drug-likeness (QED) is 0.214. The molecule has 1 amide bonds. The number of fused-ring (bicyclic) bond motifs is 1. The molecule has 4 nitrogen and oxygen atoms in total. The second-order valence-corrected chi connectivity index (χ2v) is 10.1. The van der Waals surface area contributed by atoms with Crippen LogP contribution in [0.5, 0.6) is 5.75 Å². The SMILES string of the molecule is CN(C)c1ccc(N2C(=O)/C(=C\c3cccc(OCc4cccc5ccccc45)c3)SC2=S)cc1. The van der Waals surface area contributed by atoms with Crippen molar-refractivity contribution in [3.05, 3.63) is 107 Å². The van der Waals surface area contributed by atoms with E-state index in [0.717, 1.165) is 28.3 Å². The van der Waals surface area contributed by atoms with Crippen molar-refractivity contribution in [2.75, 3.05) is 23.9 Å². The van der Waals surface area contributed by atoms with Gasteiger partial charge < -0.3 is 9.64 Å². The number of ether oxygens (including phenoxy) is 1. The first-order valence-corrected chi connectivity index (χ1v) is 12.5. The highest BCUT2D eigenvalue weighted by atomic mass is 32.2. The number of amides is 1. The van der Waals surface area contributed by atoms with Gasteiger partial charge in [-0.1, -0.05) is 78.6 Å². The standard InChI is InChI=1S/C29H24N2O2S2/c1-30(2)23-13-15-24(16-14-23)31-28(32)27(35-29(31)34)18-20-7-5-11-25(17-20)33-19-22-10-6-9-21-8-3-4-12-26(21)22/h3-18H,19H2,1-2H3/b27-18+. The zero-order valence-electron chi connectivity index (χ0n) is 19.5. The third-order valence-corrected chi connectivity index (χ3v) is 7.15. The van der Waals surface area contributed by atoms with Gasteiger partial charge in [-0.25, -0.2) is 0 Å². The van der Waals surface area contributed by atoms with Crippen molar-refractivity contribution >= 4 is 62.4 Å². The minimum atomic E-state index is -0.111. The number of hydrogen-bond donors (Lipinski definition) is 0. The normalized spacial score (nSPS) is 14.7. The van der Waals surface area contributed by atoms with Gasteiger partial charge in [0.05, 0.1) is 10.6 Å². The second kappa shape index (κ2) is 9.94. The fourth-order valence-electron chi connectivity index (χ4n) is 4.02. The van der Waals surface area contributed by atoms with Gasteiger partial charge in [-0.3, -0.25) is 9.69 Å². The number of thioether (sulfide) groups is 1. The molecule has 5 rings (SSSR count). The molecular formula is C29H24N2O2S2. The molecule has 1 heterocycles. The summed E-state index contributed by atoms with van der Waals surface area (Å²) >= 11 is 6.85. The number of carbonyl (C=O) groups excluding carboxylic acids is 1. The average Bonchev–Trinajstić information content (AvgIpc) is 3.15. The van der Waals surface area contributed by atoms with Gasteiger partial charge in [0.25, 0.3) is 5.91 Å². The molecule has 0 spiro atoms. The van der Waals surface area contributed by atoms with Gasteiger partial charge in [0, 0.05) is 19.8 Å². The van der Waals surface area contributed by atoms with Crippen LogP contribution >= 0.6 is 24.0 Å². The Kier molecular flexibility index (Phi) is 6.57. The van der Waals surface area contributed by atoms with Crippen molar-refractivity contribution in [3.8, 4) is 5.75 Å². The lowest BCUT2D eigenvalue weighted by atomic mass is 10.1. The molecule has 174 valence electrons. The van der Waals surface area contributed by atoms with Crippen molar-refractivity contribution < 1.29 is 9.53 Å². The molecule has 0 atom stereocenters. The van der Waals surface area contributed by atoms with E-state index < -0.39 is 0 Å². The Hall–Kier alpha value is -3.61. The maximum atomic E-state index is 13.2. The Morgan fingerprint density at radius 2 is 1.69 bits per heavy atom. The number of thiocarbonyl (C=S) groups is 1. The van der Waals surface area contributed by atoms with Crippen molar-refractivity contribution in [2.24, 2.45) is 0 Å². The summed E-state index contributed by atoms with van der Waals surface area (Å²) in [6.45, 7) is 0.468. The minimum Gasteiger partial charge on any atom is -0.489 e. The number of rotatable bonds is 6. The van der Waals surface area contributed by atoms with Gasteiger partial charge in [-0.05, 0) is 64.4 Å². The fourth-order valence-corrected chi connectivity index (χ4v) is 5.31. The smallest absolute Gasteiger partial charge is 0.270 e. The summed E-state index contributed by atoms with van der Waals surface area (Å²) in [6, 6.07) is 30.1. The van der Waals surface area contributed by atoms with E-state index in [0.29, 0.717) is 15.8 Å². The van der Waals surface area contributed by atoms with E-state index in [4.69, 9.17) is 17.0 Å². The lowest BCUT2D eigenvalue weighted by Crippen LogP contribution is -2.27. The monoisotopic (exact) mass is 496 g/mol. The predicted molar refractivity (Wildman–Crippen MR) is 151 cm³/mol. The predicted octanol–water partition coefficient (Wildman–Crippen LogP) is 6.89. The summed E-state index contributed by atoms with van der Waals surface area (Å²) in [5.74, 6) is 0.640. The summed E-state index contributed by atoms with van der Waals surface area (Å²) in [4.78, 5) is 17.4. The van der Waals surface area contributed by atoms with Gasteiger partial charge in [-0.15, -0.1) is 0 Å². The highest BCUT2D eigenvalue weighted by molar-refractivity contribution is 8.27. The van der Waals surface area contributed by atoms with E-state index in [1.54, 1.807) is 4.90 Å². The maximum Gasteiger partial charge on any atom is 0.270 e. The third-order valence-electron chi connectivity index (χ3n) is 5.85. The van der Waals surface area contributed by atoms with Gasteiger partial charge in [-0.2, -0.15) is 0 Å². The van der Waals surface area contributed by atoms with Crippen molar-refractivity contribution in [1.29, 1.82) is 0 Å². The summed E-state index contributed by atoms with van der Waals surface area (Å²) in [6.07, 6.45) is 1.87. The molecular weight excluding hydrogens is 472 g/mol. The van der Waals surface area contributed by atoms with E-state index in [2.05, 4.69) is 24.3 Å². The molecule has 1 aliphatic heterocycles. The highest BCUT2D eigenvalue weighted by Gasteiger charge is 2.33. The van der Waals surface area contributed by atoms with E-state index >= 15 is 0 Å². The molecule has 0 saturated carbocycles. The second-order valence-electron chi connectivity index (χ2n) is 8.43. The van der Waals surface area contributed by atoms with Crippen LogP contribution in [-0.4, -0.2) is 24.3 Å². The molecule has 4 aromatic rings. The Labute approximate surface area is 214 Å². The average molecular weight is 497 g/mol. The van der Waals surface area contributed by atoms with Gasteiger partial charge in [0.1, 0.15) is 12.4 Å². The molecule has 1 saturated heterocycles. The van der Waals surface area contributed by atoms with Gasteiger partial charge in [0.2, 0.25) is 0 Å². The molecule has 0 aromatic heterocycles. The highest BCUT2D eigenvalue weighted by Crippen LogP contribution is 2.36. The molecule has 4 aromatic carbocycles.